The van der Waals surface area contributed by atoms with E-state index >= 15 is 0 Å². The predicted molar refractivity (Wildman–Crippen MR) is 127 cm³/mol. The Morgan fingerprint density at radius 1 is 1.03 bits per heavy atom. The summed E-state index contributed by atoms with van der Waals surface area (Å²) in [7, 11) is 0. The fraction of sp³-hybridized carbons (Fsp3) is 0.280. The van der Waals surface area contributed by atoms with Crippen molar-refractivity contribution in [2.75, 3.05) is 37.7 Å². The van der Waals surface area contributed by atoms with E-state index in [1.807, 2.05) is 77.9 Å². The molecule has 1 aromatic carbocycles. The van der Waals surface area contributed by atoms with Crippen LogP contribution in [0.4, 0.5) is 5.82 Å². The van der Waals surface area contributed by atoms with Gasteiger partial charge in [0.1, 0.15) is 29.2 Å². The van der Waals surface area contributed by atoms with Gasteiger partial charge in [-0.1, -0.05) is 6.07 Å². The van der Waals surface area contributed by atoms with E-state index in [-0.39, 0.29) is 5.91 Å². The fourth-order valence-electron chi connectivity index (χ4n) is 4.23. The second kappa shape index (κ2) is 8.90. The first-order valence-electron chi connectivity index (χ1n) is 11.2. The predicted octanol–water partition coefficient (Wildman–Crippen LogP) is 3.46. The number of amides is 1. The van der Waals surface area contributed by atoms with Gasteiger partial charge in [0.05, 0.1) is 18.0 Å². The van der Waals surface area contributed by atoms with Crippen LogP contribution in [0, 0.1) is 6.92 Å². The topological polar surface area (TPSA) is 75.9 Å². The zero-order chi connectivity index (χ0) is 22.8. The summed E-state index contributed by atoms with van der Waals surface area (Å²) in [5.74, 6) is 1.73. The molecule has 3 aromatic heterocycles. The molecule has 0 spiro atoms. The molecular weight excluding hydrogens is 416 g/mol. The van der Waals surface area contributed by atoms with Crippen LogP contribution in [-0.4, -0.2) is 62.9 Å². The van der Waals surface area contributed by atoms with Crippen LogP contribution in [0.1, 0.15) is 23.1 Å². The van der Waals surface area contributed by atoms with Crippen molar-refractivity contribution in [3.05, 3.63) is 72.4 Å². The smallest absolute Gasteiger partial charge is 0.272 e. The number of aromatic nitrogens is 4. The second-order valence-electron chi connectivity index (χ2n) is 7.97. The third-order valence-corrected chi connectivity index (χ3v) is 5.91. The normalized spacial score (nSPS) is 14.0. The van der Waals surface area contributed by atoms with E-state index in [4.69, 9.17) is 4.74 Å². The molecule has 4 heterocycles. The standard InChI is InChI=1S/C25H26N6O2/c1-3-33-20-9-7-19(8-10-20)21-16-23(27-17-26-21)29-12-14-30(15-13-29)25(32)24-18(2)28-22-6-4-5-11-31(22)24/h4-11,16-17H,3,12-15H2,1-2H3. The number of rotatable bonds is 5. The molecule has 5 rings (SSSR count). The highest BCUT2D eigenvalue weighted by Crippen LogP contribution is 2.24. The molecule has 168 valence electrons. The highest BCUT2D eigenvalue weighted by Gasteiger charge is 2.26. The third kappa shape index (κ3) is 4.11. The van der Waals surface area contributed by atoms with E-state index in [1.165, 1.54) is 0 Å². The Bertz CT molecular complexity index is 1280. The first-order chi connectivity index (χ1) is 16.1. The quantitative estimate of drug-likeness (QED) is 0.471. The zero-order valence-electron chi connectivity index (χ0n) is 18.8. The number of carbonyl (C=O) groups excluding carboxylic acids is 1. The van der Waals surface area contributed by atoms with E-state index in [0.29, 0.717) is 38.5 Å². The molecular formula is C25H26N6O2. The molecule has 1 aliphatic heterocycles. The molecule has 4 aromatic rings. The van der Waals surface area contributed by atoms with Gasteiger partial charge in [-0.2, -0.15) is 0 Å². The Kier molecular flexibility index (Phi) is 5.64. The summed E-state index contributed by atoms with van der Waals surface area (Å²) in [6.45, 7) is 7.17. The maximum absolute atomic E-state index is 13.3. The highest BCUT2D eigenvalue weighted by molar-refractivity contribution is 5.94. The van der Waals surface area contributed by atoms with Crippen molar-refractivity contribution < 1.29 is 9.53 Å². The summed E-state index contributed by atoms with van der Waals surface area (Å²) in [6.07, 6.45) is 3.49. The number of anilines is 1. The SMILES string of the molecule is CCOc1ccc(-c2cc(N3CCN(C(=O)c4c(C)nc5ccccn45)CC3)ncn2)cc1. The molecule has 8 nitrogen and oxygen atoms in total. The van der Waals surface area contributed by atoms with Crippen molar-refractivity contribution in [2.24, 2.45) is 0 Å². The zero-order valence-corrected chi connectivity index (χ0v) is 18.8. The minimum Gasteiger partial charge on any atom is -0.494 e. The molecule has 0 saturated carbocycles. The van der Waals surface area contributed by atoms with Gasteiger partial charge in [-0.05, 0) is 50.2 Å². The number of pyridine rings is 1. The molecule has 0 atom stereocenters. The number of hydrogen-bond acceptors (Lipinski definition) is 6. The number of aryl methyl sites for hydroxylation is 1. The van der Waals surface area contributed by atoms with Crippen molar-refractivity contribution in [2.45, 2.75) is 13.8 Å². The van der Waals surface area contributed by atoms with Gasteiger partial charge in [0, 0.05) is 44.0 Å². The lowest BCUT2D eigenvalue weighted by Gasteiger charge is -2.35. The molecule has 8 heteroatoms. The first-order valence-corrected chi connectivity index (χ1v) is 11.2. The molecule has 0 unspecified atom stereocenters. The minimum atomic E-state index is 0.0172. The van der Waals surface area contributed by atoms with Crippen LogP contribution in [0.2, 0.25) is 0 Å². The largest absolute Gasteiger partial charge is 0.494 e. The lowest BCUT2D eigenvalue weighted by atomic mass is 10.1. The Balaban J connectivity index is 1.29. The monoisotopic (exact) mass is 442 g/mol. The van der Waals surface area contributed by atoms with Crippen molar-refractivity contribution >= 4 is 17.4 Å². The van der Waals surface area contributed by atoms with Crippen LogP contribution in [0.5, 0.6) is 5.75 Å². The van der Waals surface area contributed by atoms with Crippen LogP contribution >= 0.6 is 0 Å². The van der Waals surface area contributed by atoms with E-state index in [9.17, 15) is 4.79 Å². The highest BCUT2D eigenvalue weighted by atomic mass is 16.5. The minimum absolute atomic E-state index is 0.0172. The van der Waals surface area contributed by atoms with Gasteiger partial charge in [-0.3, -0.25) is 9.20 Å². The van der Waals surface area contributed by atoms with Crippen molar-refractivity contribution in [1.82, 2.24) is 24.3 Å². The first kappa shape index (κ1) is 20.9. The van der Waals surface area contributed by atoms with E-state index in [1.54, 1.807) is 6.33 Å². The number of nitrogens with zero attached hydrogens (tertiary/aromatic N) is 6. The number of piperazine rings is 1. The Hall–Kier alpha value is -3.94. The van der Waals surface area contributed by atoms with Gasteiger partial charge in [-0.15, -0.1) is 0 Å². The van der Waals surface area contributed by atoms with Crippen molar-refractivity contribution in [3.63, 3.8) is 0 Å². The number of ether oxygens (including phenoxy) is 1. The average molecular weight is 443 g/mol. The average Bonchev–Trinajstić information content (AvgIpc) is 3.20. The number of fused-ring (bicyclic) bond motifs is 1. The van der Waals surface area contributed by atoms with Gasteiger partial charge in [0.25, 0.3) is 5.91 Å². The molecule has 0 radical (unpaired) electrons. The molecule has 1 saturated heterocycles. The Morgan fingerprint density at radius 2 is 1.82 bits per heavy atom. The number of benzene rings is 1. The summed E-state index contributed by atoms with van der Waals surface area (Å²) in [5.41, 5.74) is 4.06. The Morgan fingerprint density at radius 3 is 2.58 bits per heavy atom. The molecule has 33 heavy (non-hydrogen) atoms. The van der Waals surface area contributed by atoms with Crippen molar-refractivity contribution in [3.8, 4) is 17.0 Å². The maximum Gasteiger partial charge on any atom is 0.272 e. The lowest BCUT2D eigenvalue weighted by molar-refractivity contribution is 0.0738. The van der Waals surface area contributed by atoms with Gasteiger partial charge >= 0.3 is 0 Å². The fourth-order valence-corrected chi connectivity index (χ4v) is 4.23. The van der Waals surface area contributed by atoms with Crippen LogP contribution in [0.25, 0.3) is 16.9 Å². The molecule has 1 fully saturated rings. The summed E-state index contributed by atoms with van der Waals surface area (Å²) >= 11 is 0. The molecule has 0 aliphatic carbocycles. The van der Waals surface area contributed by atoms with Gasteiger partial charge in [0.2, 0.25) is 0 Å². The van der Waals surface area contributed by atoms with Crippen molar-refractivity contribution in [1.29, 1.82) is 0 Å². The Labute approximate surface area is 192 Å². The molecule has 1 amide bonds. The molecule has 1 aliphatic rings. The summed E-state index contributed by atoms with van der Waals surface area (Å²) in [6, 6.07) is 15.7. The van der Waals surface area contributed by atoms with Gasteiger partial charge < -0.3 is 14.5 Å². The summed E-state index contributed by atoms with van der Waals surface area (Å²) < 4.78 is 7.40. The van der Waals surface area contributed by atoms with E-state index in [2.05, 4.69) is 19.9 Å². The molecule has 0 bridgehead atoms. The van der Waals surface area contributed by atoms with Crippen LogP contribution in [-0.2, 0) is 0 Å². The van der Waals surface area contributed by atoms with Crippen LogP contribution in [0.3, 0.4) is 0 Å². The van der Waals surface area contributed by atoms with Gasteiger partial charge in [0.15, 0.2) is 0 Å². The third-order valence-electron chi connectivity index (χ3n) is 5.91. The van der Waals surface area contributed by atoms with Gasteiger partial charge in [-0.25, -0.2) is 15.0 Å². The molecule has 0 N–H and O–H groups in total. The van der Waals surface area contributed by atoms with E-state index < -0.39 is 0 Å². The lowest BCUT2D eigenvalue weighted by Crippen LogP contribution is -2.49. The number of carbonyl (C=O) groups is 1. The van der Waals surface area contributed by atoms with E-state index in [0.717, 1.165) is 34.2 Å². The second-order valence-corrected chi connectivity index (χ2v) is 7.97. The van der Waals surface area contributed by atoms with Crippen LogP contribution < -0.4 is 9.64 Å². The van der Waals surface area contributed by atoms with Crippen LogP contribution in [0.15, 0.2) is 61.1 Å². The number of imidazole rings is 1. The summed E-state index contributed by atoms with van der Waals surface area (Å²) in [5, 5.41) is 0. The summed E-state index contributed by atoms with van der Waals surface area (Å²) in [4.78, 5) is 30.8. The maximum atomic E-state index is 13.3. The number of hydrogen-bond donors (Lipinski definition) is 0.